The van der Waals surface area contributed by atoms with Crippen LogP contribution in [0.4, 0.5) is 0 Å². The SMILES string of the molecule is c1ccc(-c2cc(-c3cccc(-c4cc5c6c(c4)c4ccccc4n6-c4ccccc4C54c5ccccc5-c5ccc(-c6cccc(-c7cc(-c8ccccc8)nc(-c8cccc(-c9cc%10c%11c(c9)c9ccccc9n%11-c9ccccc9C%109c%10ccccc%10-c%10ccccc%109)c8)n7)c6)cc54)c3)nc(-c3ccccc3)n2)cc1. The molecule has 6 heterocycles. The Bertz CT molecular complexity index is 7290. The van der Waals surface area contributed by atoms with E-state index in [1.54, 1.807) is 0 Å². The maximum Gasteiger partial charge on any atom is 0.160 e. The summed E-state index contributed by atoms with van der Waals surface area (Å²) in [6.45, 7) is 0. The molecule has 0 saturated carbocycles. The molecule has 2 aliphatic heterocycles. The molecule has 518 valence electrons. The van der Waals surface area contributed by atoms with Crippen LogP contribution >= 0.6 is 0 Å². The van der Waals surface area contributed by atoms with Gasteiger partial charge in [0.25, 0.3) is 0 Å². The van der Waals surface area contributed by atoms with Gasteiger partial charge in [-0.1, -0.05) is 303 Å². The van der Waals surface area contributed by atoms with Crippen molar-refractivity contribution in [2.45, 2.75) is 10.8 Å². The molecule has 0 amide bonds. The van der Waals surface area contributed by atoms with Gasteiger partial charge >= 0.3 is 0 Å². The van der Waals surface area contributed by atoms with Crippen LogP contribution in [0.25, 0.3) is 178 Å². The van der Waals surface area contributed by atoms with Crippen LogP contribution in [0.15, 0.2) is 388 Å². The van der Waals surface area contributed by atoms with E-state index in [4.69, 9.17) is 19.9 Å². The van der Waals surface area contributed by atoms with Crippen molar-refractivity contribution in [3.05, 3.63) is 433 Å². The number of fused-ring (bicyclic) bond motifs is 24. The third-order valence-electron chi connectivity index (χ3n) is 24.5. The van der Waals surface area contributed by atoms with Crippen molar-refractivity contribution in [2.24, 2.45) is 0 Å². The molecule has 0 N–H and O–H groups in total. The van der Waals surface area contributed by atoms with E-state index in [0.717, 1.165) is 89.5 Å². The smallest absolute Gasteiger partial charge is 0.160 e. The topological polar surface area (TPSA) is 61.4 Å². The molecule has 16 aromatic carbocycles. The van der Waals surface area contributed by atoms with Crippen molar-refractivity contribution in [2.75, 3.05) is 0 Å². The maximum absolute atomic E-state index is 5.64. The highest BCUT2D eigenvalue weighted by Gasteiger charge is 2.53. The average molecular weight is 1420 g/mol. The third-order valence-corrected chi connectivity index (χ3v) is 24.5. The second kappa shape index (κ2) is 23.9. The quantitative estimate of drug-likeness (QED) is 0.144. The van der Waals surface area contributed by atoms with Crippen LogP contribution in [0.2, 0.25) is 0 Å². The number of nitrogens with zero attached hydrogens (tertiary/aromatic N) is 6. The number of benzene rings is 16. The second-order valence-corrected chi connectivity index (χ2v) is 30.2. The molecule has 2 spiro atoms. The molecular weight excluding hydrogens is 1360 g/mol. The highest BCUT2D eigenvalue weighted by molar-refractivity contribution is 6.16. The lowest BCUT2D eigenvalue weighted by atomic mass is 9.64. The largest absolute Gasteiger partial charge is 0.309 e. The number of hydrogen-bond donors (Lipinski definition) is 0. The second-order valence-electron chi connectivity index (χ2n) is 30.2. The molecule has 1 atom stereocenters. The molecule has 4 aliphatic rings. The van der Waals surface area contributed by atoms with Gasteiger partial charge in [-0.3, -0.25) is 0 Å². The van der Waals surface area contributed by atoms with Crippen molar-refractivity contribution in [1.82, 2.24) is 29.1 Å². The standard InChI is InChI=1S/C106H64N6/c1-4-27-65(28-5-1)93-63-95(109-103(107-93)67-31-8-3-9-32-67)73-37-25-34-69(56-73)75-58-84-82-43-14-21-50-98(82)112-100-52-23-19-48-89(100)106(92(62-75)102(84)112)87-46-17-12-41-79(87)80-54-53-71(60-90(80)106)68-33-24-36-72(55-68)96-64-94(66-29-6-2-7-30-66)108-104(110-96)74-38-26-35-70(57-74)76-59-83-81-42-13-20-49-97(81)111-99-51-22-18-47-88(99)105(91(61-76)101(83)111)85-44-15-10-39-77(85)78-40-11-16-45-86(78)105/h1-64H. The van der Waals surface area contributed by atoms with Gasteiger partial charge in [0.15, 0.2) is 11.6 Å². The van der Waals surface area contributed by atoms with Crippen molar-refractivity contribution in [3.63, 3.8) is 0 Å². The number of rotatable bonds is 9. The summed E-state index contributed by atoms with van der Waals surface area (Å²) in [6, 6.07) is 143. The zero-order valence-electron chi connectivity index (χ0n) is 60.6. The molecule has 24 rings (SSSR count). The van der Waals surface area contributed by atoms with Crippen LogP contribution in [0.3, 0.4) is 0 Å². The first kappa shape index (κ1) is 62.3. The van der Waals surface area contributed by atoms with E-state index in [9.17, 15) is 0 Å². The van der Waals surface area contributed by atoms with Crippen molar-refractivity contribution in [3.8, 4) is 135 Å². The molecule has 6 nitrogen and oxygen atoms in total. The Kier molecular flexibility index (Phi) is 13.3. The predicted octanol–water partition coefficient (Wildman–Crippen LogP) is 25.8. The summed E-state index contributed by atoms with van der Waals surface area (Å²) in [6.07, 6.45) is 0. The normalized spacial score (nSPS) is 14.2. The average Bonchev–Trinajstić information content (AvgIpc) is 1.49. The summed E-state index contributed by atoms with van der Waals surface area (Å²) in [5, 5.41) is 4.87. The molecule has 4 aromatic heterocycles. The van der Waals surface area contributed by atoms with Gasteiger partial charge in [0.1, 0.15) is 0 Å². The van der Waals surface area contributed by atoms with Gasteiger partial charge in [-0.15, -0.1) is 0 Å². The summed E-state index contributed by atoms with van der Waals surface area (Å²) in [4.78, 5) is 21.6. The third kappa shape index (κ3) is 8.85. The van der Waals surface area contributed by atoms with Gasteiger partial charge in [0.05, 0.1) is 67.0 Å². The van der Waals surface area contributed by atoms with Gasteiger partial charge in [0.2, 0.25) is 0 Å². The monoisotopic (exact) mass is 1420 g/mol. The molecule has 6 heteroatoms. The zero-order chi connectivity index (χ0) is 73.3. The minimum absolute atomic E-state index is 0.580. The van der Waals surface area contributed by atoms with E-state index in [1.165, 1.54) is 122 Å². The van der Waals surface area contributed by atoms with E-state index in [1.807, 2.05) is 12.1 Å². The van der Waals surface area contributed by atoms with E-state index >= 15 is 0 Å². The van der Waals surface area contributed by atoms with Crippen molar-refractivity contribution in [1.29, 1.82) is 0 Å². The first-order chi connectivity index (χ1) is 55.5. The first-order valence-corrected chi connectivity index (χ1v) is 38.6. The Hall–Kier alpha value is -14.7. The molecule has 0 bridgehead atoms. The van der Waals surface area contributed by atoms with E-state index in [-0.39, 0.29) is 0 Å². The molecular formula is C106H64N6. The molecule has 20 aromatic rings. The molecule has 0 fully saturated rings. The van der Waals surface area contributed by atoms with E-state index < -0.39 is 10.8 Å². The van der Waals surface area contributed by atoms with Gasteiger partial charge in [-0.05, 0) is 185 Å². The van der Waals surface area contributed by atoms with E-state index in [0.29, 0.717) is 11.6 Å². The molecule has 2 aliphatic carbocycles. The summed E-state index contributed by atoms with van der Waals surface area (Å²) in [5.74, 6) is 1.34. The molecule has 1 unspecified atom stereocenters. The first-order valence-electron chi connectivity index (χ1n) is 38.6. The van der Waals surface area contributed by atoms with Crippen LogP contribution in [0, 0.1) is 0 Å². The Morgan fingerprint density at radius 1 is 0.179 bits per heavy atom. The minimum Gasteiger partial charge on any atom is -0.309 e. The summed E-state index contributed by atoms with van der Waals surface area (Å²) in [5.41, 5.74) is 37.1. The summed E-state index contributed by atoms with van der Waals surface area (Å²) in [7, 11) is 0. The van der Waals surface area contributed by atoms with Gasteiger partial charge < -0.3 is 9.13 Å². The zero-order valence-corrected chi connectivity index (χ0v) is 60.6. The number of para-hydroxylation sites is 4. The summed E-state index contributed by atoms with van der Waals surface area (Å²) < 4.78 is 5.07. The Labute approximate surface area is 646 Å². The van der Waals surface area contributed by atoms with Crippen molar-refractivity contribution < 1.29 is 0 Å². The Morgan fingerprint density at radius 2 is 0.500 bits per heavy atom. The minimum atomic E-state index is -0.739. The van der Waals surface area contributed by atoms with Crippen LogP contribution in [-0.4, -0.2) is 29.1 Å². The van der Waals surface area contributed by atoms with E-state index in [2.05, 4.69) is 385 Å². The fourth-order valence-electron chi connectivity index (χ4n) is 19.8. The lowest BCUT2D eigenvalue weighted by molar-refractivity contribution is 0.749. The highest BCUT2D eigenvalue weighted by atomic mass is 15.0. The number of aromatic nitrogens is 6. The van der Waals surface area contributed by atoms with Gasteiger partial charge in [-0.25, -0.2) is 19.9 Å². The lowest BCUT2D eigenvalue weighted by Crippen LogP contribution is -2.33. The molecule has 112 heavy (non-hydrogen) atoms. The maximum atomic E-state index is 5.64. The van der Waals surface area contributed by atoms with Crippen molar-refractivity contribution >= 4 is 43.6 Å². The Morgan fingerprint density at radius 3 is 0.982 bits per heavy atom. The fourth-order valence-corrected chi connectivity index (χ4v) is 19.8. The Balaban J connectivity index is 0.660. The molecule has 0 saturated heterocycles. The van der Waals surface area contributed by atoms with Crippen LogP contribution in [0.5, 0.6) is 0 Å². The van der Waals surface area contributed by atoms with Gasteiger partial charge in [0, 0.05) is 54.9 Å². The fraction of sp³-hybridized carbons (Fsp3) is 0.0189. The highest BCUT2D eigenvalue weighted by Crippen LogP contribution is 2.64. The predicted molar refractivity (Wildman–Crippen MR) is 457 cm³/mol. The van der Waals surface area contributed by atoms with Crippen LogP contribution < -0.4 is 0 Å². The van der Waals surface area contributed by atoms with Crippen LogP contribution in [0.1, 0.15) is 44.5 Å². The van der Waals surface area contributed by atoms with Gasteiger partial charge in [-0.2, -0.15) is 0 Å². The summed E-state index contributed by atoms with van der Waals surface area (Å²) >= 11 is 0. The lowest BCUT2D eigenvalue weighted by Gasteiger charge is -2.40. The number of hydrogen-bond acceptors (Lipinski definition) is 4. The molecule has 0 radical (unpaired) electrons. The van der Waals surface area contributed by atoms with Crippen LogP contribution in [-0.2, 0) is 10.8 Å².